The molecular formula is C14H19N3O. The summed E-state index contributed by atoms with van der Waals surface area (Å²) in [7, 11) is 0. The van der Waals surface area contributed by atoms with Gasteiger partial charge in [0.25, 0.3) is 0 Å². The van der Waals surface area contributed by atoms with Gasteiger partial charge in [-0.3, -0.25) is 5.10 Å². The van der Waals surface area contributed by atoms with Crippen molar-refractivity contribution in [1.29, 1.82) is 0 Å². The predicted octanol–water partition coefficient (Wildman–Crippen LogP) is 2.63. The average molecular weight is 245 g/mol. The minimum Gasteiger partial charge on any atom is -0.493 e. The molecule has 18 heavy (non-hydrogen) atoms. The molecule has 0 radical (unpaired) electrons. The van der Waals surface area contributed by atoms with Crippen molar-refractivity contribution >= 4 is 0 Å². The third-order valence-electron chi connectivity index (χ3n) is 2.88. The Bertz CT molecular complexity index is 520. The Labute approximate surface area is 107 Å². The second-order valence-corrected chi connectivity index (χ2v) is 4.22. The van der Waals surface area contributed by atoms with Crippen molar-refractivity contribution in [2.24, 2.45) is 5.73 Å². The van der Waals surface area contributed by atoms with E-state index in [2.05, 4.69) is 17.1 Å². The summed E-state index contributed by atoms with van der Waals surface area (Å²) in [5.74, 6) is 0.862. The molecule has 0 saturated carbocycles. The van der Waals surface area contributed by atoms with Gasteiger partial charge in [-0.15, -0.1) is 0 Å². The first kappa shape index (κ1) is 12.6. The second kappa shape index (κ2) is 5.69. The Balaban J connectivity index is 2.43. The summed E-state index contributed by atoms with van der Waals surface area (Å²) in [5.41, 5.74) is 9.73. The lowest BCUT2D eigenvalue weighted by atomic mass is 10.1. The van der Waals surface area contributed by atoms with Crippen LogP contribution in [0.1, 0.15) is 24.6 Å². The minimum atomic E-state index is 0.472. The number of benzene rings is 1. The fraction of sp³-hybridized carbons (Fsp3) is 0.357. The standard InChI is InChI=1S/C14H19N3O/c1-3-8-18-13-7-5-4-6-11(13)14-12(9-15)10(2)16-17-14/h4-7H,3,8-9,15H2,1-2H3,(H,16,17). The van der Waals surface area contributed by atoms with Gasteiger partial charge in [0, 0.05) is 23.4 Å². The van der Waals surface area contributed by atoms with Crippen LogP contribution in [0, 0.1) is 6.92 Å². The summed E-state index contributed by atoms with van der Waals surface area (Å²) in [6.45, 7) is 5.25. The van der Waals surface area contributed by atoms with Crippen LogP contribution in [0.4, 0.5) is 0 Å². The lowest BCUT2D eigenvalue weighted by molar-refractivity contribution is 0.318. The van der Waals surface area contributed by atoms with Gasteiger partial charge in [0.1, 0.15) is 11.4 Å². The monoisotopic (exact) mass is 245 g/mol. The topological polar surface area (TPSA) is 63.9 Å². The van der Waals surface area contributed by atoms with Crippen molar-refractivity contribution in [3.63, 3.8) is 0 Å². The summed E-state index contributed by atoms with van der Waals surface area (Å²) < 4.78 is 5.75. The third kappa shape index (κ3) is 2.38. The van der Waals surface area contributed by atoms with Crippen LogP contribution in [0.3, 0.4) is 0 Å². The van der Waals surface area contributed by atoms with E-state index in [1.807, 2.05) is 31.2 Å². The number of aryl methyl sites for hydroxylation is 1. The van der Waals surface area contributed by atoms with Crippen LogP contribution < -0.4 is 10.5 Å². The number of nitrogens with zero attached hydrogens (tertiary/aromatic N) is 1. The van der Waals surface area contributed by atoms with Crippen molar-refractivity contribution in [2.75, 3.05) is 6.61 Å². The Morgan fingerprint density at radius 2 is 2.11 bits per heavy atom. The van der Waals surface area contributed by atoms with Gasteiger partial charge in [0.05, 0.1) is 6.61 Å². The van der Waals surface area contributed by atoms with Crippen LogP contribution in [-0.2, 0) is 6.54 Å². The van der Waals surface area contributed by atoms with Crippen LogP contribution in [0.15, 0.2) is 24.3 Å². The Kier molecular flexibility index (Phi) is 3.99. The molecule has 2 rings (SSSR count). The largest absolute Gasteiger partial charge is 0.493 e. The van der Waals surface area contributed by atoms with Crippen LogP contribution >= 0.6 is 0 Å². The van der Waals surface area contributed by atoms with E-state index in [1.165, 1.54) is 0 Å². The zero-order chi connectivity index (χ0) is 13.0. The van der Waals surface area contributed by atoms with Crippen LogP contribution in [-0.4, -0.2) is 16.8 Å². The molecule has 1 aromatic carbocycles. The predicted molar refractivity (Wildman–Crippen MR) is 72.4 cm³/mol. The van der Waals surface area contributed by atoms with Crippen LogP contribution in [0.5, 0.6) is 5.75 Å². The van der Waals surface area contributed by atoms with E-state index in [0.29, 0.717) is 13.2 Å². The average Bonchev–Trinajstić information content (AvgIpc) is 2.77. The van der Waals surface area contributed by atoms with E-state index in [4.69, 9.17) is 10.5 Å². The van der Waals surface area contributed by atoms with E-state index in [9.17, 15) is 0 Å². The lowest BCUT2D eigenvalue weighted by Gasteiger charge is -2.10. The number of aromatic amines is 1. The highest BCUT2D eigenvalue weighted by Crippen LogP contribution is 2.31. The maximum absolute atomic E-state index is 5.78. The lowest BCUT2D eigenvalue weighted by Crippen LogP contribution is -2.01. The first-order chi connectivity index (χ1) is 8.77. The number of H-pyrrole nitrogens is 1. The van der Waals surface area contributed by atoms with E-state index < -0.39 is 0 Å². The highest BCUT2D eigenvalue weighted by Gasteiger charge is 2.14. The summed E-state index contributed by atoms with van der Waals surface area (Å²) in [4.78, 5) is 0. The number of aromatic nitrogens is 2. The molecule has 96 valence electrons. The maximum atomic E-state index is 5.78. The molecule has 0 aliphatic carbocycles. The quantitative estimate of drug-likeness (QED) is 0.851. The van der Waals surface area contributed by atoms with Crippen molar-refractivity contribution in [3.8, 4) is 17.0 Å². The molecule has 0 unspecified atom stereocenters. The molecule has 3 N–H and O–H groups in total. The van der Waals surface area contributed by atoms with Gasteiger partial charge >= 0.3 is 0 Å². The molecule has 0 aliphatic rings. The third-order valence-corrected chi connectivity index (χ3v) is 2.88. The molecule has 4 heteroatoms. The SMILES string of the molecule is CCCOc1ccccc1-c1n[nH]c(C)c1CN. The smallest absolute Gasteiger partial charge is 0.128 e. The number of ether oxygens (including phenoxy) is 1. The summed E-state index contributed by atoms with van der Waals surface area (Å²) >= 11 is 0. The first-order valence-corrected chi connectivity index (χ1v) is 6.24. The van der Waals surface area contributed by atoms with Crippen molar-refractivity contribution in [2.45, 2.75) is 26.8 Å². The Morgan fingerprint density at radius 3 is 2.83 bits per heavy atom. The molecule has 0 fully saturated rings. The maximum Gasteiger partial charge on any atom is 0.128 e. The minimum absolute atomic E-state index is 0.472. The van der Waals surface area contributed by atoms with Gasteiger partial charge in [-0.2, -0.15) is 5.10 Å². The molecule has 4 nitrogen and oxygen atoms in total. The molecule has 0 amide bonds. The number of nitrogens with two attached hydrogens (primary N) is 1. The molecule has 1 heterocycles. The van der Waals surface area contributed by atoms with E-state index in [1.54, 1.807) is 0 Å². The fourth-order valence-corrected chi connectivity index (χ4v) is 1.93. The van der Waals surface area contributed by atoms with E-state index >= 15 is 0 Å². The number of rotatable bonds is 5. The Morgan fingerprint density at radius 1 is 1.33 bits per heavy atom. The summed E-state index contributed by atoms with van der Waals surface area (Å²) in [6.07, 6.45) is 0.984. The zero-order valence-corrected chi connectivity index (χ0v) is 10.9. The van der Waals surface area contributed by atoms with Gasteiger partial charge in [-0.25, -0.2) is 0 Å². The molecule has 0 bridgehead atoms. The molecule has 0 atom stereocenters. The van der Waals surface area contributed by atoms with Gasteiger partial charge in [-0.05, 0) is 25.5 Å². The molecule has 1 aromatic heterocycles. The van der Waals surface area contributed by atoms with Gasteiger partial charge in [0.15, 0.2) is 0 Å². The van der Waals surface area contributed by atoms with E-state index in [0.717, 1.165) is 34.7 Å². The molecule has 0 spiro atoms. The molecule has 0 aliphatic heterocycles. The fourth-order valence-electron chi connectivity index (χ4n) is 1.93. The van der Waals surface area contributed by atoms with Gasteiger partial charge in [-0.1, -0.05) is 19.1 Å². The highest BCUT2D eigenvalue weighted by molar-refractivity contribution is 5.70. The number of hydrogen-bond acceptors (Lipinski definition) is 3. The number of hydrogen-bond donors (Lipinski definition) is 2. The van der Waals surface area contributed by atoms with Crippen LogP contribution in [0.25, 0.3) is 11.3 Å². The van der Waals surface area contributed by atoms with Crippen LogP contribution in [0.2, 0.25) is 0 Å². The zero-order valence-electron chi connectivity index (χ0n) is 10.9. The first-order valence-electron chi connectivity index (χ1n) is 6.24. The van der Waals surface area contributed by atoms with Crippen molar-refractivity contribution in [3.05, 3.63) is 35.5 Å². The van der Waals surface area contributed by atoms with Gasteiger partial charge < -0.3 is 10.5 Å². The molecular weight excluding hydrogens is 226 g/mol. The number of nitrogens with one attached hydrogen (secondary N) is 1. The Hall–Kier alpha value is -1.81. The van der Waals surface area contributed by atoms with Crippen molar-refractivity contribution < 1.29 is 4.74 Å². The van der Waals surface area contributed by atoms with Gasteiger partial charge in [0.2, 0.25) is 0 Å². The molecule has 0 saturated heterocycles. The normalized spacial score (nSPS) is 10.6. The van der Waals surface area contributed by atoms with Crippen molar-refractivity contribution in [1.82, 2.24) is 10.2 Å². The summed E-state index contributed by atoms with van der Waals surface area (Å²) in [5, 5.41) is 7.32. The summed E-state index contributed by atoms with van der Waals surface area (Å²) in [6, 6.07) is 7.93. The highest BCUT2D eigenvalue weighted by atomic mass is 16.5. The second-order valence-electron chi connectivity index (χ2n) is 4.22. The number of para-hydroxylation sites is 1. The molecule has 2 aromatic rings. The van der Waals surface area contributed by atoms with E-state index in [-0.39, 0.29) is 0 Å².